The summed E-state index contributed by atoms with van der Waals surface area (Å²) in [5, 5.41) is -1.29. The molecule has 0 radical (unpaired) electrons. The number of hydrogen-bond acceptors (Lipinski definition) is 5. The number of carbonyl (C=O) groups excluding carboxylic acids is 2. The third kappa shape index (κ3) is 3.34. The lowest BCUT2D eigenvalue weighted by Crippen LogP contribution is -2.31. The second kappa shape index (κ2) is 7.88. The molecular formula is C22H19ClN4O4. The second-order valence-electron chi connectivity index (χ2n) is 6.95. The van der Waals surface area contributed by atoms with Crippen molar-refractivity contribution in [3.05, 3.63) is 70.6 Å². The highest BCUT2D eigenvalue weighted by atomic mass is 35.5. The predicted molar refractivity (Wildman–Crippen MR) is 118 cm³/mol. The van der Waals surface area contributed by atoms with Crippen molar-refractivity contribution in [3.63, 3.8) is 0 Å². The zero-order valence-corrected chi connectivity index (χ0v) is 17.8. The van der Waals surface area contributed by atoms with Crippen LogP contribution in [0.25, 0.3) is 5.69 Å². The van der Waals surface area contributed by atoms with Gasteiger partial charge in [-0.2, -0.15) is 0 Å². The monoisotopic (exact) mass is 438 g/mol. The van der Waals surface area contributed by atoms with Crippen LogP contribution >= 0.6 is 11.6 Å². The van der Waals surface area contributed by atoms with E-state index in [0.29, 0.717) is 22.8 Å². The first-order chi connectivity index (χ1) is 14.8. The Morgan fingerprint density at radius 1 is 0.968 bits per heavy atom. The van der Waals surface area contributed by atoms with Crippen molar-refractivity contribution in [2.24, 2.45) is 12.0 Å². The van der Waals surface area contributed by atoms with Crippen molar-refractivity contribution >= 4 is 40.5 Å². The van der Waals surface area contributed by atoms with Crippen molar-refractivity contribution < 1.29 is 14.3 Å². The van der Waals surface area contributed by atoms with Crippen LogP contribution in [0.3, 0.4) is 0 Å². The number of nitrogens with zero attached hydrogens (tertiary/aromatic N) is 4. The summed E-state index contributed by atoms with van der Waals surface area (Å²) < 4.78 is 8.19. The van der Waals surface area contributed by atoms with E-state index in [2.05, 4.69) is 4.99 Å². The van der Waals surface area contributed by atoms with Crippen LogP contribution < -0.4 is 15.2 Å². The topological polar surface area (TPSA) is 85.9 Å². The predicted octanol–water partition coefficient (Wildman–Crippen LogP) is 2.75. The molecule has 1 fully saturated rings. The summed E-state index contributed by atoms with van der Waals surface area (Å²) in [5.41, 5.74) is 0.996. The van der Waals surface area contributed by atoms with Gasteiger partial charge in [0.05, 0.1) is 24.2 Å². The van der Waals surface area contributed by atoms with Crippen LogP contribution in [0.1, 0.15) is 5.69 Å². The van der Waals surface area contributed by atoms with E-state index in [4.69, 9.17) is 16.3 Å². The third-order valence-corrected chi connectivity index (χ3v) is 5.58. The minimum atomic E-state index is -1.29. The molecule has 1 aliphatic rings. The molecule has 1 aliphatic heterocycles. The van der Waals surface area contributed by atoms with Crippen molar-refractivity contribution in [3.8, 4) is 11.4 Å². The summed E-state index contributed by atoms with van der Waals surface area (Å²) in [7, 11) is 3.24. The second-order valence-corrected chi connectivity index (χ2v) is 7.38. The number of imide groups is 1. The number of alkyl halides is 1. The molecule has 0 saturated carbocycles. The standard InChI is InChI=1S/C22H19ClN4O4/c1-13-18(22(30)27(25(13)2)15-7-5-4-6-8-15)24-19-17(23)20(28)26(21(19)29)14-9-11-16(31-3)12-10-14/h4-12,17H,1-3H3. The summed E-state index contributed by atoms with van der Waals surface area (Å²) in [6.07, 6.45) is 0. The summed E-state index contributed by atoms with van der Waals surface area (Å²) in [5.74, 6) is -0.697. The SMILES string of the molecule is COc1ccc(N2C(=O)C(=Nc3c(C)n(C)n(-c4ccccc4)c3=O)C(Cl)C2=O)cc1. The van der Waals surface area contributed by atoms with Gasteiger partial charge in [0.25, 0.3) is 17.4 Å². The molecule has 8 nitrogen and oxygen atoms in total. The highest BCUT2D eigenvalue weighted by Crippen LogP contribution is 2.28. The van der Waals surface area contributed by atoms with E-state index >= 15 is 0 Å². The molecule has 0 N–H and O–H groups in total. The van der Waals surface area contributed by atoms with E-state index in [-0.39, 0.29) is 11.4 Å². The Labute approximate surface area is 182 Å². The lowest BCUT2D eigenvalue weighted by Gasteiger charge is -2.13. The van der Waals surface area contributed by atoms with Gasteiger partial charge in [0.1, 0.15) is 11.5 Å². The number of ether oxygens (including phenoxy) is 1. The zero-order chi connectivity index (χ0) is 22.3. The number of methoxy groups -OCH3 is 1. The maximum Gasteiger partial charge on any atom is 0.297 e. The molecule has 0 spiro atoms. The molecule has 2 aromatic carbocycles. The summed E-state index contributed by atoms with van der Waals surface area (Å²) in [6.45, 7) is 1.71. The van der Waals surface area contributed by atoms with Crippen LogP contribution in [0, 0.1) is 6.92 Å². The maximum atomic E-state index is 13.1. The van der Waals surface area contributed by atoms with Gasteiger partial charge in [-0.05, 0) is 43.3 Å². The lowest BCUT2D eigenvalue weighted by atomic mass is 10.3. The largest absolute Gasteiger partial charge is 0.497 e. The smallest absolute Gasteiger partial charge is 0.297 e. The van der Waals surface area contributed by atoms with Gasteiger partial charge < -0.3 is 4.74 Å². The number of aliphatic imine (C=N–C) groups is 1. The number of anilines is 1. The van der Waals surface area contributed by atoms with Crippen molar-refractivity contribution in [1.29, 1.82) is 0 Å². The number of benzene rings is 2. The molecule has 0 bridgehead atoms. The quantitative estimate of drug-likeness (QED) is 0.463. The molecule has 1 atom stereocenters. The molecule has 3 aromatic rings. The van der Waals surface area contributed by atoms with Gasteiger partial charge in [-0.1, -0.05) is 18.2 Å². The summed E-state index contributed by atoms with van der Waals surface area (Å²) >= 11 is 6.26. The fourth-order valence-electron chi connectivity index (χ4n) is 3.44. The molecular weight excluding hydrogens is 420 g/mol. The first-order valence-corrected chi connectivity index (χ1v) is 9.87. The molecule has 2 heterocycles. The van der Waals surface area contributed by atoms with Gasteiger partial charge >= 0.3 is 0 Å². The van der Waals surface area contributed by atoms with Crippen molar-refractivity contribution in [1.82, 2.24) is 9.36 Å². The molecule has 158 valence electrons. The maximum absolute atomic E-state index is 13.1. The Bertz CT molecular complexity index is 1260. The Balaban J connectivity index is 1.78. The van der Waals surface area contributed by atoms with E-state index in [9.17, 15) is 14.4 Å². The van der Waals surface area contributed by atoms with E-state index < -0.39 is 22.8 Å². The van der Waals surface area contributed by atoms with E-state index in [1.165, 1.54) is 11.8 Å². The van der Waals surface area contributed by atoms with Crippen LogP contribution in [0.2, 0.25) is 0 Å². The van der Waals surface area contributed by atoms with E-state index in [1.54, 1.807) is 55.1 Å². The van der Waals surface area contributed by atoms with Gasteiger partial charge in [-0.25, -0.2) is 14.6 Å². The fourth-order valence-corrected chi connectivity index (χ4v) is 3.68. The lowest BCUT2D eigenvalue weighted by molar-refractivity contribution is -0.120. The highest BCUT2D eigenvalue weighted by Gasteiger charge is 2.45. The summed E-state index contributed by atoms with van der Waals surface area (Å²) in [4.78, 5) is 44.0. The minimum Gasteiger partial charge on any atom is -0.497 e. The average Bonchev–Trinajstić information content (AvgIpc) is 3.13. The Kier molecular flexibility index (Phi) is 5.24. The first-order valence-electron chi connectivity index (χ1n) is 9.44. The Hall–Kier alpha value is -3.65. The van der Waals surface area contributed by atoms with Crippen molar-refractivity contribution in [2.45, 2.75) is 12.3 Å². The molecule has 0 aliphatic carbocycles. The molecule has 1 unspecified atom stereocenters. The van der Waals surface area contributed by atoms with Crippen molar-refractivity contribution in [2.75, 3.05) is 12.0 Å². The van der Waals surface area contributed by atoms with Crippen LogP contribution in [0.15, 0.2) is 64.4 Å². The Morgan fingerprint density at radius 2 is 1.61 bits per heavy atom. The van der Waals surface area contributed by atoms with Crippen LogP contribution in [0.5, 0.6) is 5.75 Å². The number of amides is 2. The van der Waals surface area contributed by atoms with Crippen LogP contribution in [-0.2, 0) is 16.6 Å². The number of carbonyl (C=O) groups is 2. The fraction of sp³-hybridized carbons (Fsp3) is 0.182. The summed E-state index contributed by atoms with van der Waals surface area (Å²) in [6, 6.07) is 15.5. The van der Waals surface area contributed by atoms with Crippen LogP contribution in [-0.4, -0.2) is 39.4 Å². The Morgan fingerprint density at radius 3 is 2.23 bits per heavy atom. The van der Waals surface area contributed by atoms with Gasteiger partial charge in [-0.3, -0.25) is 19.1 Å². The number of halogens is 1. The van der Waals surface area contributed by atoms with Gasteiger partial charge in [0.15, 0.2) is 11.1 Å². The van der Waals surface area contributed by atoms with E-state index in [1.807, 2.05) is 18.2 Å². The normalized spacial score (nSPS) is 17.6. The number of para-hydroxylation sites is 1. The molecule has 31 heavy (non-hydrogen) atoms. The molecule has 2 amide bonds. The zero-order valence-electron chi connectivity index (χ0n) is 17.1. The molecule has 9 heteroatoms. The third-order valence-electron chi connectivity index (χ3n) is 5.19. The highest BCUT2D eigenvalue weighted by molar-refractivity contribution is 6.68. The van der Waals surface area contributed by atoms with Gasteiger partial charge in [0, 0.05) is 7.05 Å². The molecule has 4 rings (SSSR count). The van der Waals surface area contributed by atoms with Gasteiger partial charge in [0.2, 0.25) is 0 Å². The molecule has 1 saturated heterocycles. The van der Waals surface area contributed by atoms with Gasteiger partial charge in [-0.15, -0.1) is 11.6 Å². The average molecular weight is 439 g/mol. The minimum absolute atomic E-state index is 0.0599. The first kappa shape index (κ1) is 20.6. The number of aromatic nitrogens is 2. The molecule has 1 aromatic heterocycles. The van der Waals surface area contributed by atoms with E-state index in [0.717, 1.165) is 4.90 Å². The number of hydrogen-bond donors (Lipinski definition) is 0. The number of rotatable bonds is 4. The van der Waals surface area contributed by atoms with Crippen LogP contribution in [0.4, 0.5) is 11.4 Å².